The molecule has 0 saturated heterocycles. The van der Waals surface area contributed by atoms with E-state index in [-0.39, 0.29) is 0 Å². The maximum Gasteiger partial charge on any atom is 0.0375 e. The molecule has 1 aromatic heterocycles. The van der Waals surface area contributed by atoms with E-state index in [1.807, 2.05) is 33.0 Å². The summed E-state index contributed by atoms with van der Waals surface area (Å²) in [4.78, 5) is 4.04. The van der Waals surface area contributed by atoms with Crippen LogP contribution in [0.25, 0.3) is 0 Å². The van der Waals surface area contributed by atoms with Gasteiger partial charge in [0.2, 0.25) is 0 Å². The summed E-state index contributed by atoms with van der Waals surface area (Å²) in [5.74, 6) is 0. The molecule has 1 heteroatoms. The van der Waals surface area contributed by atoms with E-state index in [4.69, 9.17) is 0 Å². The number of pyridine rings is 1. The van der Waals surface area contributed by atoms with E-state index in [0.29, 0.717) is 0 Å². The first kappa shape index (κ1) is 9.15. The number of hydrogen-bond acceptors (Lipinski definition) is 1. The Morgan fingerprint density at radius 1 is 1.20 bits per heavy atom. The predicted octanol–water partition coefficient (Wildman–Crippen LogP) is 2.72. The fraction of sp³-hybridized carbons (Fsp3) is 0.444. The molecule has 0 spiro atoms. The number of rotatable bonds is 0. The fourth-order valence-electron chi connectivity index (χ4n) is 0.687. The summed E-state index contributed by atoms with van der Waals surface area (Å²) in [7, 11) is 0. The molecule has 0 aromatic carbocycles. The molecule has 1 rings (SSSR count). The molecule has 0 aliphatic heterocycles. The highest BCUT2D eigenvalue weighted by Crippen LogP contribution is 1.95. The van der Waals surface area contributed by atoms with Gasteiger partial charge in [0, 0.05) is 11.9 Å². The van der Waals surface area contributed by atoms with Crippen molar-refractivity contribution in [3.63, 3.8) is 0 Å². The summed E-state index contributed by atoms with van der Waals surface area (Å²) >= 11 is 0. The highest BCUT2D eigenvalue weighted by atomic mass is 14.6. The molecule has 0 atom stereocenters. The third-order valence-electron chi connectivity index (χ3n) is 1.05. The zero-order valence-corrected chi connectivity index (χ0v) is 7.18. The summed E-state index contributed by atoms with van der Waals surface area (Å²) in [6.45, 7) is 8.06. The van der Waals surface area contributed by atoms with E-state index in [2.05, 4.69) is 18.0 Å². The summed E-state index contributed by atoms with van der Waals surface area (Å²) in [6, 6.07) is 4.05. The molecule has 0 saturated carbocycles. The number of aromatic nitrogens is 1. The van der Waals surface area contributed by atoms with Crippen molar-refractivity contribution in [3.05, 3.63) is 29.6 Å². The van der Waals surface area contributed by atoms with E-state index in [9.17, 15) is 0 Å². The second-order valence-corrected chi connectivity index (χ2v) is 1.97. The Balaban J connectivity index is 0.000000371. The highest BCUT2D eigenvalue weighted by Gasteiger charge is 1.82. The van der Waals surface area contributed by atoms with E-state index in [0.717, 1.165) is 5.69 Å². The summed E-state index contributed by atoms with van der Waals surface area (Å²) in [6.07, 6.45) is 1.82. The van der Waals surface area contributed by atoms with Gasteiger partial charge < -0.3 is 0 Å². The maximum atomic E-state index is 4.04. The minimum atomic E-state index is 1.09. The van der Waals surface area contributed by atoms with Crippen LogP contribution in [0.4, 0.5) is 0 Å². The van der Waals surface area contributed by atoms with Crippen LogP contribution in [0.15, 0.2) is 18.3 Å². The van der Waals surface area contributed by atoms with Gasteiger partial charge in [0.25, 0.3) is 0 Å². The first-order chi connectivity index (χ1) is 4.79. The van der Waals surface area contributed by atoms with Gasteiger partial charge in [-0.05, 0) is 31.5 Å². The van der Waals surface area contributed by atoms with Gasteiger partial charge in [0.05, 0.1) is 0 Å². The van der Waals surface area contributed by atoms with Crippen molar-refractivity contribution in [2.75, 3.05) is 0 Å². The lowest BCUT2D eigenvalue weighted by molar-refractivity contribution is 1.18. The molecule has 0 N–H and O–H groups in total. The largest absolute Gasteiger partial charge is 0.262 e. The zero-order valence-electron chi connectivity index (χ0n) is 7.18. The lowest BCUT2D eigenvalue weighted by Gasteiger charge is -1.90. The SMILES string of the molecule is CC.Cc1ccnc(C)c1. The van der Waals surface area contributed by atoms with Crippen LogP contribution in [-0.2, 0) is 0 Å². The van der Waals surface area contributed by atoms with Crippen LogP contribution in [0.2, 0.25) is 0 Å². The summed E-state index contributed by atoms with van der Waals surface area (Å²) < 4.78 is 0. The average molecular weight is 137 g/mol. The normalized spacial score (nSPS) is 8.00. The second kappa shape index (κ2) is 4.98. The van der Waals surface area contributed by atoms with E-state index in [1.165, 1.54) is 5.56 Å². The van der Waals surface area contributed by atoms with E-state index < -0.39 is 0 Å². The molecule has 0 amide bonds. The van der Waals surface area contributed by atoms with Crippen molar-refractivity contribution >= 4 is 0 Å². The van der Waals surface area contributed by atoms with Gasteiger partial charge in [0.1, 0.15) is 0 Å². The molecule has 56 valence electrons. The fourth-order valence-corrected chi connectivity index (χ4v) is 0.687. The van der Waals surface area contributed by atoms with Gasteiger partial charge in [-0.1, -0.05) is 13.8 Å². The third-order valence-corrected chi connectivity index (χ3v) is 1.05. The van der Waals surface area contributed by atoms with E-state index in [1.54, 1.807) is 0 Å². The Morgan fingerprint density at radius 2 is 1.80 bits per heavy atom. The van der Waals surface area contributed by atoms with Crippen LogP contribution < -0.4 is 0 Å². The quantitative estimate of drug-likeness (QED) is 0.535. The van der Waals surface area contributed by atoms with Gasteiger partial charge in [-0.3, -0.25) is 4.98 Å². The summed E-state index contributed by atoms with van der Waals surface area (Å²) in [5, 5.41) is 0. The number of aryl methyl sites for hydroxylation is 2. The minimum absolute atomic E-state index is 1.09. The second-order valence-electron chi connectivity index (χ2n) is 1.97. The molecule has 0 unspecified atom stereocenters. The Bertz CT molecular complexity index is 165. The van der Waals surface area contributed by atoms with Gasteiger partial charge in [-0.25, -0.2) is 0 Å². The van der Waals surface area contributed by atoms with Crippen molar-refractivity contribution in [2.45, 2.75) is 27.7 Å². The average Bonchev–Trinajstić information content (AvgIpc) is 1.91. The van der Waals surface area contributed by atoms with Crippen molar-refractivity contribution in [1.82, 2.24) is 4.98 Å². The number of nitrogens with zero attached hydrogens (tertiary/aromatic N) is 1. The Kier molecular flexibility index (Phi) is 4.55. The monoisotopic (exact) mass is 137 g/mol. The van der Waals surface area contributed by atoms with Crippen LogP contribution in [0.5, 0.6) is 0 Å². The van der Waals surface area contributed by atoms with Crippen LogP contribution in [0.1, 0.15) is 25.1 Å². The molecule has 0 aliphatic carbocycles. The van der Waals surface area contributed by atoms with Gasteiger partial charge in [0.15, 0.2) is 0 Å². The molecule has 1 heterocycles. The zero-order chi connectivity index (χ0) is 7.98. The standard InChI is InChI=1S/C7H9N.C2H6/c1-6-3-4-8-7(2)5-6;1-2/h3-5H,1-2H3;1-2H3. The van der Waals surface area contributed by atoms with Gasteiger partial charge >= 0.3 is 0 Å². The molecule has 1 nitrogen and oxygen atoms in total. The third kappa shape index (κ3) is 3.23. The molecular formula is C9H15N. The topological polar surface area (TPSA) is 12.9 Å². The minimum Gasteiger partial charge on any atom is -0.262 e. The van der Waals surface area contributed by atoms with Crippen LogP contribution >= 0.6 is 0 Å². The molecule has 0 aliphatic rings. The molecule has 0 fully saturated rings. The van der Waals surface area contributed by atoms with Crippen LogP contribution in [0, 0.1) is 13.8 Å². The van der Waals surface area contributed by atoms with Crippen molar-refractivity contribution in [3.8, 4) is 0 Å². The number of hydrogen-bond donors (Lipinski definition) is 0. The smallest absolute Gasteiger partial charge is 0.0375 e. The van der Waals surface area contributed by atoms with Crippen molar-refractivity contribution in [1.29, 1.82) is 0 Å². The van der Waals surface area contributed by atoms with E-state index >= 15 is 0 Å². The summed E-state index contributed by atoms with van der Waals surface area (Å²) in [5.41, 5.74) is 2.36. The van der Waals surface area contributed by atoms with Gasteiger partial charge in [-0.2, -0.15) is 0 Å². The van der Waals surface area contributed by atoms with Crippen molar-refractivity contribution < 1.29 is 0 Å². The van der Waals surface area contributed by atoms with Gasteiger partial charge in [-0.15, -0.1) is 0 Å². The van der Waals surface area contributed by atoms with Crippen LogP contribution in [-0.4, -0.2) is 4.98 Å². The molecule has 1 aromatic rings. The lowest BCUT2D eigenvalue weighted by atomic mass is 10.3. The molecular weight excluding hydrogens is 122 g/mol. The Morgan fingerprint density at radius 3 is 2.10 bits per heavy atom. The maximum absolute atomic E-state index is 4.04. The Hall–Kier alpha value is -0.850. The molecule has 0 bridgehead atoms. The first-order valence-electron chi connectivity index (χ1n) is 3.68. The van der Waals surface area contributed by atoms with Crippen molar-refractivity contribution in [2.24, 2.45) is 0 Å². The Labute approximate surface area is 63.1 Å². The predicted molar refractivity (Wildman–Crippen MR) is 45.1 cm³/mol. The van der Waals surface area contributed by atoms with Crippen LogP contribution in [0.3, 0.4) is 0 Å². The molecule has 10 heavy (non-hydrogen) atoms. The highest BCUT2D eigenvalue weighted by molar-refractivity contribution is 5.12. The molecule has 0 radical (unpaired) electrons. The first-order valence-corrected chi connectivity index (χ1v) is 3.68. The lowest BCUT2D eigenvalue weighted by Crippen LogP contribution is -1.78.